The molecule has 2 aromatic rings. The zero-order valence-corrected chi connectivity index (χ0v) is 14.2. The van der Waals surface area contributed by atoms with Gasteiger partial charge in [0, 0.05) is 19.5 Å². The highest BCUT2D eigenvalue weighted by Crippen LogP contribution is 2.14. The normalized spacial score (nSPS) is 14.7. The predicted molar refractivity (Wildman–Crippen MR) is 97.6 cm³/mol. The van der Waals surface area contributed by atoms with Crippen LogP contribution in [-0.2, 0) is 24.3 Å². The number of carbonyl (C=O) groups is 1. The summed E-state index contributed by atoms with van der Waals surface area (Å²) in [6.07, 6.45) is 3.97. The Morgan fingerprint density at radius 2 is 1.62 bits per heavy atom. The standard InChI is InChI=1S/C21H26N2O/c24-21(12-11-18-7-2-1-3-8-18)22-16-19-9-6-10-20(15-19)17-23-13-4-5-14-23/h1-3,6-10,15H,4-5,11-14,16-17H2,(H,22,24). The Labute approximate surface area is 144 Å². The van der Waals surface area contributed by atoms with E-state index in [1.807, 2.05) is 18.2 Å². The lowest BCUT2D eigenvalue weighted by Crippen LogP contribution is -2.23. The molecule has 0 unspecified atom stereocenters. The molecule has 0 spiro atoms. The summed E-state index contributed by atoms with van der Waals surface area (Å²) in [6.45, 7) is 4.05. The first-order valence-corrected chi connectivity index (χ1v) is 8.90. The Balaban J connectivity index is 1.44. The first-order valence-electron chi connectivity index (χ1n) is 8.90. The van der Waals surface area contributed by atoms with Crippen LogP contribution in [0.3, 0.4) is 0 Å². The van der Waals surface area contributed by atoms with Crippen LogP contribution in [0.15, 0.2) is 54.6 Å². The zero-order chi connectivity index (χ0) is 16.6. The van der Waals surface area contributed by atoms with Crippen molar-refractivity contribution in [2.75, 3.05) is 13.1 Å². The fourth-order valence-electron chi connectivity index (χ4n) is 3.23. The van der Waals surface area contributed by atoms with Crippen LogP contribution >= 0.6 is 0 Å². The number of benzene rings is 2. The molecule has 1 aliphatic rings. The molecule has 1 saturated heterocycles. The Hall–Kier alpha value is -2.13. The topological polar surface area (TPSA) is 32.3 Å². The molecule has 1 fully saturated rings. The molecule has 0 saturated carbocycles. The van der Waals surface area contributed by atoms with Crippen molar-refractivity contribution in [3.63, 3.8) is 0 Å². The first kappa shape index (κ1) is 16.7. The zero-order valence-electron chi connectivity index (χ0n) is 14.2. The summed E-state index contributed by atoms with van der Waals surface area (Å²) in [5, 5.41) is 3.04. The highest BCUT2D eigenvalue weighted by Gasteiger charge is 2.11. The fourth-order valence-corrected chi connectivity index (χ4v) is 3.23. The van der Waals surface area contributed by atoms with Gasteiger partial charge in [0.25, 0.3) is 0 Å². The van der Waals surface area contributed by atoms with Crippen LogP contribution in [0.4, 0.5) is 0 Å². The minimum atomic E-state index is 0.115. The summed E-state index contributed by atoms with van der Waals surface area (Å²) < 4.78 is 0. The number of nitrogens with one attached hydrogen (secondary N) is 1. The molecule has 1 aliphatic heterocycles. The second-order valence-electron chi connectivity index (χ2n) is 6.57. The third kappa shape index (κ3) is 5.20. The maximum absolute atomic E-state index is 12.0. The molecule has 0 aliphatic carbocycles. The molecule has 0 atom stereocenters. The van der Waals surface area contributed by atoms with Gasteiger partial charge in [-0.25, -0.2) is 0 Å². The van der Waals surface area contributed by atoms with Gasteiger partial charge >= 0.3 is 0 Å². The Morgan fingerprint density at radius 1 is 0.917 bits per heavy atom. The smallest absolute Gasteiger partial charge is 0.220 e. The van der Waals surface area contributed by atoms with E-state index in [-0.39, 0.29) is 5.91 Å². The van der Waals surface area contributed by atoms with Crippen molar-refractivity contribution >= 4 is 5.91 Å². The van der Waals surface area contributed by atoms with Gasteiger partial charge in [-0.3, -0.25) is 9.69 Å². The van der Waals surface area contributed by atoms with E-state index >= 15 is 0 Å². The van der Waals surface area contributed by atoms with Crippen molar-refractivity contribution in [1.29, 1.82) is 0 Å². The van der Waals surface area contributed by atoms with E-state index in [2.05, 4.69) is 46.6 Å². The van der Waals surface area contributed by atoms with E-state index < -0.39 is 0 Å². The number of nitrogens with zero attached hydrogens (tertiary/aromatic N) is 1. The number of carbonyl (C=O) groups excluding carboxylic acids is 1. The molecule has 3 heteroatoms. The SMILES string of the molecule is O=C(CCc1ccccc1)NCc1cccc(CN2CCCC2)c1. The van der Waals surface area contributed by atoms with Gasteiger partial charge in [0.1, 0.15) is 0 Å². The van der Waals surface area contributed by atoms with Crippen molar-refractivity contribution in [2.24, 2.45) is 0 Å². The minimum Gasteiger partial charge on any atom is -0.352 e. The molecule has 0 bridgehead atoms. The lowest BCUT2D eigenvalue weighted by Gasteiger charge is -2.15. The average molecular weight is 322 g/mol. The number of likely N-dealkylation sites (tertiary alicyclic amines) is 1. The average Bonchev–Trinajstić information content (AvgIpc) is 3.12. The molecular weight excluding hydrogens is 296 g/mol. The van der Waals surface area contributed by atoms with Gasteiger partial charge in [-0.2, -0.15) is 0 Å². The van der Waals surface area contributed by atoms with Gasteiger partial charge < -0.3 is 5.32 Å². The van der Waals surface area contributed by atoms with Crippen molar-refractivity contribution < 1.29 is 4.79 Å². The van der Waals surface area contributed by atoms with Gasteiger partial charge in [-0.05, 0) is 49.0 Å². The summed E-state index contributed by atoms with van der Waals surface area (Å²) in [4.78, 5) is 14.5. The number of hydrogen-bond donors (Lipinski definition) is 1. The summed E-state index contributed by atoms with van der Waals surface area (Å²) in [5.41, 5.74) is 3.73. The van der Waals surface area contributed by atoms with Crippen LogP contribution in [0, 0.1) is 0 Å². The van der Waals surface area contributed by atoms with E-state index in [0.29, 0.717) is 13.0 Å². The van der Waals surface area contributed by atoms with E-state index in [4.69, 9.17) is 0 Å². The van der Waals surface area contributed by atoms with Gasteiger partial charge in [-0.1, -0.05) is 54.6 Å². The summed E-state index contributed by atoms with van der Waals surface area (Å²) in [5.74, 6) is 0.115. The van der Waals surface area contributed by atoms with Crippen LogP contribution in [0.1, 0.15) is 36.0 Å². The third-order valence-corrected chi connectivity index (χ3v) is 4.57. The molecule has 3 nitrogen and oxygen atoms in total. The highest BCUT2D eigenvalue weighted by molar-refractivity contribution is 5.76. The van der Waals surface area contributed by atoms with E-state index in [0.717, 1.165) is 13.0 Å². The monoisotopic (exact) mass is 322 g/mol. The molecule has 0 radical (unpaired) electrons. The van der Waals surface area contributed by atoms with Gasteiger partial charge in [0.15, 0.2) is 0 Å². The van der Waals surface area contributed by atoms with Crippen LogP contribution < -0.4 is 5.32 Å². The van der Waals surface area contributed by atoms with Crippen LogP contribution in [0.25, 0.3) is 0 Å². The molecular formula is C21H26N2O. The highest BCUT2D eigenvalue weighted by atomic mass is 16.1. The largest absolute Gasteiger partial charge is 0.352 e. The van der Waals surface area contributed by atoms with Crippen LogP contribution in [-0.4, -0.2) is 23.9 Å². The predicted octanol–water partition coefficient (Wildman–Crippen LogP) is 3.53. The fraction of sp³-hybridized carbons (Fsp3) is 0.381. The number of amides is 1. The number of aryl methyl sites for hydroxylation is 1. The lowest BCUT2D eigenvalue weighted by molar-refractivity contribution is -0.121. The minimum absolute atomic E-state index is 0.115. The molecule has 24 heavy (non-hydrogen) atoms. The van der Waals surface area contributed by atoms with Crippen LogP contribution in [0.2, 0.25) is 0 Å². The van der Waals surface area contributed by atoms with Gasteiger partial charge in [0.05, 0.1) is 0 Å². The summed E-state index contributed by atoms with van der Waals surface area (Å²) in [7, 11) is 0. The van der Waals surface area contributed by atoms with Crippen molar-refractivity contribution in [3.8, 4) is 0 Å². The van der Waals surface area contributed by atoms with Crippen molar-refractivity contribution in [3.05, 3.63) is 71.3 Å². The molecule has 2 aromatic carbocycles. The number of hydrogen-bond acceptors (Lipinski definition) is 2. The second-order valence-corrected chi connectivity index (χ2v) is 6.57. The quantitative estimate of drug-likeness (QED) is 0.846. The second kappa shape index (κ2) is 8.65. The van der Waals surface area contributed by atoms with E-state index in [1.54, 1.807) is 0 Å². The molecule has 1 heterocycles. The third-order valence-electron chi connectivity index (χ3n) is 4.57. The van der Waals surface area contributed by atoms with E-state index in [1.165, 1.54) is 42.6 Å². The van der Waals surface area contributed by atoms with Crippen LogP contribution in [0.5, 0.6) is 0 Å². The Morgan fingerprint density at radius 3 is 2.42 bits per heavy atom. The molecule has 3 rings (SSSR count). The first-order chi connectivity index (χ1) is 11.8. The van der Waals surface area contributed by atoms with Crippen molar-refractivity contribution in [2.45, 2.75) is 38.8 Å². The van der Waals surface area contributed by atoms with E-state index in [9.17, 15) is 4.79 Å². The maximum Gasteiger partial charge on any atom is 0.220 e. The summed E-state index contributed by atoms with van der Waals surface area (Å²) >= 11 is 0. The lowest BCUT2D eigenvalue weighted by atomic mass is 10.1. The molecule has 126 valence electrons. The van der Waals surface area contributed by atoms with Crippen molar-refractivity contribution in [1.82, 2.24) is 10.2 Å². The maximum atomic E-state index is 12.0. The number of rotatable bonds is 7. The molecule has 1 amide bonds. The summed E-state index contributed by atoms with van der Waals surface area (Å²) in [6, 6.07) is 18.7. The Bertz CT molecular complexity index is 648. The van der Waals surface area contributed by atoms with Gasteiger partial charge in [0.2, 0.25) is 5.91 Å². The molecule has 0 aromatic heterocycles. The molecule has 1 N–H and O–H groups in total. The van der Waals surface area contributed by atoms with Gasteiger partial charge in [-0.15, -0.1) is 0 Å². The Kier molecular flexibility index (Phi) is 6.02.